The average molecular weight is 186 g/mol. The minimum Gasteiger partial charge on any atom is -0.478 e. The fourth-order valence-corrected chi connectivity index (χ4v) is 1.05. The molecule has 0 aromatic heterocycles. The molecule has 0 unspecified atom stereocenters. The van der Waals surface area contributed by atoms with E-state index in [0.29, 0.717) is 5.56 Å². The van der Waals surface area contributed by atoms with Crippen molar-refractivity contribution in [3.63, 3.8) is 0 Å². The van der Waals surface area contributed by atoms with Crippen LogP contribution < -0.4 is 0 Å². The number of carboxylic acids is 1. The molecule has 0 aliphatic carbocycles. The van der Waals surface area contributed by atoms with Gasteiger partial charge in [-0.15, -0.1) is 0 Å². The maximum Gasteiger partial charge on any atom is 0.336 e. The first-order chi connectivity index (χ1) is 6.02. The van der Waals surface area contributed by atoms with Gasteiger partial charge in [0.15, 0.2) is 0 Å². The van der Waals surface area contributed by atoms with Gasteiger partial charge in [-0.1, -0.05) is 17.7 Å². The summed E-state index contributed by atoms with van der Waals surface area (Å²) < 4.78 is 24.5. The molecule has 0 saturated carbocycles. The number of halogens is 2. The third kappa shape index (κ3) is 2.02. The molecule has 0 saturated heterocycles. The van der Waals surface area contributed by atoms with Crippen molar-refractivity contribution in [2.24, 2.45) is 0 Å². The Labute approximate surface area is 73.8 Å². The van der Waals surface area contributed by atoms with Crippen molar-refractivity contribution in [2.75, 3.05) is 0 Å². The van der Waals surface area contributed by atoms with Crippen molar-refractivity contribution in [2.45, 2.75) is 13.3 Å². The number of aryl methyl sites for hydroxylation is 1. The zero-order chi connectivity index (χ0) is 10.0. The van der Waals surface area contributed by atoms with Crippen LogP contribution in [0.3, 0.4) is 0 Å². The predicted octanol–water partition coefficient (Wildman–Crippen LogP) is 2.63. The SMILES string of the molecule is Cc1ccc(C(F)F)c(C(=O)O)c1. The van der Waals surface area contributed by atoms with E-state index in [2.05, 4.69) is 0 Å². The quantitative estimate of drug-likeness (QED) is 0.770. The maximum absolute atomic E-state index is 12.3. The Bertz CT molecular complexity index is 334. The molecule has 0 amide bonds. The first-order valence-electron chi connectivity index (χ1n) is 3.64. The van der Waals surface area contributed by atoms with Gasteiger partial charge in [0.1, 0.15) is 0 Å². The van der Waals surface area contributed by atoms with Gasteiger partial charge in [-0.25, -0.2) is 13.6 Å². The summed E-state index contributed by atoms with van der Waals surface area (Å²) in [5.74, 6) is -1.32. The highest BCUT2D eigenvalue weighted by atomic mass is 19.3. The van der Waals surface area contributed by atoms with Gasteiger partial charge in [-0.2, -0.15) is 0 Å². The van der Waals surface area contributed by atoms with Crippen LogP contribution in [0.4, 0.5) is 8.78 Å². The number of benzene rings is 1. The van der Waals surface area contributed by atoms with Crippen LogP contribution in [-0.2, 0) is 0 Å². The van der Waals surface area contributed by atoms with E-state index in [0.717, 1.165) is 6.07 Å². The van der Waals surface area contributed by atoms with Crippen LogP contribution in [0.25, 0.3) is 0 Å². The lowest BCUT2D eigenvalue weighted by Crippen LogP contribution is -2.03. The fourth-order valence-electron chi connectivity index (χ4n) is 1.05. The number of aromatic carboxylic acids is 1. The summed E-state index contributed by atoms with van der Waals surface area (Å²) in [6, 6.07) is 3.85. The highest BCUT2D eigenvalue weighted by molar-refractivity contribution is 5.89. The van der Waals surface area contributed by atoms with Crippen molar-refractivity contribution in [1.82, 2.24) is 0 Å². The number of hydrogen-bond acceptors (Lipinski definition) is 1. The second-order valence-electron chi connectivity index (χ2n) is 2.70. The lowest BCUT2D eigenvalue weighted by atomic mass is 10.1. The summed E-state index contributed by atoms with van der Waals surface area (Å²) >= 11 is 0. The number of carbonyl (C=O) groups is 1. The Morgan fingerprint density at radius 1 is 1.46 bits per heavy atom. The molecule has 4 heteroatoms. The van der Waals surface area contributed by atoms with E-state index in [1.54, 1.807) is 6.92 Å². The van der Waals surface area contributed by atoms with Crippen molar-refractivity contribution in [1.29, 1.82) is 0 Å². The van der Waals surface area contributed by atoms with E-state index >= 15 is 0 Å². The molecule has 0 fully saturated rings. The Balaban J connectivity index is 3.27. The Morgan fingerprint density at radius 2 is 2.08 bits per heavy atom. The van der Waals surface area contributed by atoms with E-state index in [1.165, 1.54) is 12.1 Å². The Morgan fingerprint density at radius 3 is 2.54 bits per heavy atom. The molecular weight excluding hydrogens is 178 g/mol. The van der Waals surface area contributed by atoms with Gasteiger partial charge in [-0.3, -0.25) is 0 Å². The molecule has 70 valence electrons. The van der Waals surface area contributed by atoms with Gasteiger partial charge in [0.25, 0.3) is 6.43 Å². The largest absolute Gasteiger partial charge is 0.478 e. The monoisotopic (exact) mass is 186 g/mol. The second kappa shape index (κ2) is 3.51. The average Bonchev–Trinajstić information content (AvgIpc) is 2.03. The van der Waals surface area contributed by atoms with E-state index < -0.39 is 18.0 Å². The third-order valence-corrected chi connectivity index (χ3v) is 1.67. The highest BCUT2D eigenvalue weighted by Crippen LogP contribution is 2.23. The number of alkyl halides is 2. The fraction of sp³-hybridized carbons (Fsp3) is 0.222. The lowest BCUT2D eigenvalue weighted by molar-refractivity contribution is 0.0684. The van der Waals surface area contributed by atoms with Crippen LogP contribution in [0.15, 0.2) is 18.2 Å². The molecular formula is C9H8F2O2. The molecule has 1 aromatic rings. The Hall–Kier alpha value is -1.45. The summed E-state index contributed by atoms with van der Waals surface area (Å²) in [4.78, 5) is 10.5. The standard InChI is InChI=1S/C9H8F2O2/c1-5-2-3-6(8(10)11)7(4-5)9(12)13/h2-4,8H,1H3,(H,12,13). The summed E-state index contributed by atoms with van der Waals surface area (Å²) in [5, 5.41) is 8.61. The van der Waals surface area contributed by atoms with Crippen molar-refractivity contribution in [3.05, 3.63) is 34.9 Å². The maximum atomic E-state index is 12.3. The zero-order valence-corrected chi connectivity index (χ0v) is 6.92. The number of rotatable bonds is 2. The van der Waals surface area contributed by atoms with Crippen LogP contribution in [0.1, 0.15) is 27.9 Å². The van der Waals surface area contributed by atoms with Crippen LogP contribution in [0.2, 0.25) is 0 Å². The second-order valence-corrected chi connectivity index (χ2v) is 2.70. The summed E-state index contributed by atoms with van der Waals surface area (Å²) in [6.45, 7) is 1.65. The molecule has 0 atom stereocenters. The zero-order valence-electron chi connectivity index (χ0n) is 6.92. The van der Waals surface area contributed by atoms with Crippen molar-refractivity contribution < 1.29 is 18.7 Å². The van der Waals surface area contributed by atoms with E-state index in [1.807, 2.05) is 0 Å². The molecule has 1 rings (SSSR count). The molecule has 0 aliphatic rings. The molecule has 0 radical (unpaired) electrons. The van der Waals surface area contributed by atoms with E-state index in [9.17, 15) is 13.6 Å². The van der Waals surface area contributed by atoms with Gasteiger partial charge >= 0.3 is 5.97 Å². The summed E-state index contributed by atoms with van der Waals surface area (Å²) in [6.07, 6.45) is -2.74. The molecule has 1 aromatic carbocycles. The first kappa shape index (κ1) is 9.64. The molecule has 0 bridgehead atoms. The van der Waals surface area contributed by atoms with Crippen LogP contribution in [0.5, 0.6) is 0 Å². The minimum atomic E-state index is -2.74. The van der Waals surface area contributed by atoms with Crippen molar-refractivity contribution >= 4 is 5.97 Å². The number of hydrogen-bond donors (Lipinski definition) is 1. The van der Waals surface area contributed by atoms with Gasteiger partial charge in [0.05, 0.1) is 5.56 Å². The van der Waals surface area contributed by atoms with Gasteiger partial charge in [0.2, 0.25) is 0 Å². The normalized spacial score (nSPS) is 10.5. The smallest absolute Gasteiger partial charge is 0.336 e. The molecule has 2 nitrogen and oxygen atoms in total. The third-order valence-electron chi connectivity index (χ3n) is 1.67. The Kier molecular flexibility index (Phi) is 2.60. The predicted molar refractivity (Wildman–Crippen MR) is 43.1 cm³/mol. The van der Waals surface area contributed by atoms with Gasteiger partial charge in [-0.05, 0) is 13.0 Å². The van der Waals surface area contributed by atoms with E-state index in [4.69, 9.17) is 5.11 Å². The number of carboxylic acid groups (broad SMARTS) is 1. The highest BCUT2D eigenvalue weighted by Gasteiger charge is 2.17. The molecule has 0 heterocycles. The topological polar surface area (TPSA) is 37.3 Å². The minimum absolute atomic E-state index is 0.324. The molecule has 0 aliphatic heterocycles. The van der Waals surface area contributed by atoms with Gasteiger partial charge < -0.3 is 5.11 Å². The van der Waals surface area contributed by atoms with Gasteiger partial charge in [0, 0.05) is 5.56 Å². The molecule has 0 spiro atoms. The lowest BCUT2D eigenvalue weighted by Gasteiger charge is -2.05. The molecule has 1 N–H and O–H groups in total. The molecule has 13 heavy (non-hydrogen) atoms. The summed E-state index contributed by atoms with van der Waals surface area (Å²) in [5.41, 5.74) is -0.102. The van der Waals surface area contributed by atoms with Crippen LogP contribution >= 0.6 is 0 Å². The van der Waals surface area contributed by atoms with Crippen LogP contribution in [-0.4, -0.2) is 11.1 Å². The first-order valence-corrected chi connectivity index (χ1v) is 3.64. The van der Waals surface area contributed by atoms with Crippen LogP contribution in [0, 0.1) is 6.92 Å². The van der Waals surface area contributed by atoms with E-state index in [-0.39, 0.29) is 5.56 Å². The summed E-state index contributed by atoms with van der Waals surface area (Å²) in [7, 11) is 0. The van der Waals surface area contributed by atoms with Crippen molar-refractivity contribution in [3.8, 4) is 0 Å².